The van der Waals surface area contributed by atoms with Gasteiger partial charge in [-0.1, -0.05) is 0 Å². The van der Waals surface area contributed by atoms with Crippen LogP contribution in [0.1, 0.15) is 59.8 Å². The first kappa shape index (κ1) is 26.8. The van der Waals surface area contributed by atoms with Crippen LogP contribution in [-0.4, -0.2) is 123 Å². The summed E-state index contributed by atoms with van der Waals surface area (Å²) in [7, 11) is 13.4. The highest BCUT2D eigenvalue weighted by Crippen LogP contribution is 2.38. The number of rotatable bonds is 1. The molecular formula is C24H53N5. The van der Waals surface area contributed by atoms with Crippen molar-refractivity contribution in [3.63, 3.8) is 0 Å². The third kappa shape index (κ3) is 9.65. The van der Waals surface area contributed by atoms with Crippen LogP contribution in [0.2, 0.25) is 0 Å². The van der Waals surface area contributed by atoms with E-state index in [0.717, 1.165) is 6.04 Å². The van der Waals surface area contributed by atoms with Crippen LogP contribution >= 0.6 is 0 Å². The Kier molecular flexibility index (Phi) is 11.1. The average molecular weight is 412 g/mol. The lowest BCUT2D eigenvalue weighted by atomic mass is 9.77. The topological polar surface area (TPSA) is 16.2 Å². The smallest absolute Gasteiger partial charge is 0.0170 e. The van der Waals surface area contributed by atoms with Crippen LogP contribution in [0, 0.1) is 0 Å². The van der Waals surface area contributed by atoms with Gasteiger partial charge in [0.05, 0.1) is 0 Å². The van der Waals surface area contributed by atoms with Crippen LogP contribution in [-0.2, 0) is 0 Å². The van der Waals surface area contributed by atoms with E-state index in [0.29, 0.717) is 11.1 Å². The van der Waals surface area contributed by atoms with E-state index < -0.39 is 0 Å². The number of hydrogen-bond donors (Lipinski definition) is 0. The Morgan fingerprint density at radius 1 is 0.586 bits per heavy atom. The lowest BCUT2D eigenvalue weighted by molar-refractivity contribution is -0.0379. The first-order chi connectivity index (χ1) is 13.3. The molecule has 2 heterocycles. The number of hydrogen-bond acceptors (Lipinski definition) is 5. The molecule has 0 aromatic rings. The van der Waals surface area contributed by atoms with Gasteiger partial charge < -0.3 is 19.6 Å². The number of piperidine rings is 1. The van der Waals surface area contributed by atoms with Crippen LogP contribution < -0.4 is 0 Å². The van der Waals surface area contributed by atoms with Crippen LogP contribution in [0.25, 0.3) is 0 Å². The maximum absolute atomic E-state index is 2.53. The summed E-state index contributed by atoms with van der Waals surface area (Å²) in [6, 6.07) is 0.719. The minimum Gasteiger partial charge on any atom is -0.306 e. The predicted octanol–water partition coefficient (Wildman–Crippen LogP) is 3.17. The summed E-state index contributed by atoms with van der Waals surface area (Å²) in [5.74, 6) is 0. The van der Waals surface area contributed by atoms with Gasteiger partial charge in [0.15, 0.2) is 0 Å². The molecule has 29 heavy (non-hydrogen) atoms. The van der Waals surface area contributed by atoms with E-state index in [1.54, 1.807) is 0 Å². The maximum atomic E-state index is 2.53. The lowest BCUT2D eigenvalue weighted by Crippen LogP contribution is -2.61. The molecule has 0 unspecified atom stereocenters. The van der Waals surface area contributed by atoms with E-state index in [1.165, 1.54) is 71.4 Å². The van der Waals surface area contributed by atoms with Crippen molar-refractivity contribution in [3.05, 3.63) is 0 Å². The largest absolute Gasteiger partial charge is 0.306 e. The monoisotopic (exact) mass is 411 g/mol. The molecule has 2 fully saturated rings. The predicted molar refractivity (Wildman–Crippen MR) is 129 cm³/mol. The van der Waals surface area contributed by atoms with Gasteiger partial charge in [0.1, 0.15) is 0 Å². The fraction of sp³-hybridized carbons (Fsp3) is 1.00. The molecular weight excluding hydrogens is 358 g/mol. The van der Waals surface area contributed by atoms with Gasteiger partial charge in [-0.15, -0.1) is 0 Å². The Morgan fingerprint density at radius 2 is 0.862 bits per heavy atom. The van der Waals surface area contributed by atoms with Gasteiger partial charge in [-0.2, -0.15) is 0 Å². The summed E-state index contributed by atoms with van der Waals surface area (Å²) in [6.45, 7) is 16.9. The molecule has 0 saturated carbocycles. The van der Waals surface area contributed by atoms with Crippen molar-refractivity contribution >= 4 is 0 Å². The molecule has 2 aliphatic rings. The number of nitrogens with zero attached hydrogens (tertiary/aromatic N) is 5. The molecule has 0 spiro atoms. The van der Waals surface area contributed by atoms with Crippen LogP contribution in [0.3, 0.4) is 0 Å². The Bertz CT molecular complexity index is 390. The minimum atomic E-state index is 0.316. The lowest BCUT2D eigenvalue weighted by Gasteiger charge is -2.55. The summed E-state index contributed by atoms with van der Waals surface area (Å²) in [6.07, 6.45) is 6.45. The molecule has 0 atom stereocenters. The van der Waals surface area contributed by atoms with Gasteiger partial charge in [-0.25, -0.2) is 0 Å². The molecule has 0 aromatic carbocycles. The van der Waals surface area contributed by atoms with E-state index in [1.807, 2.05) is 0 Å². The zero-order valence-corrected chi connectivity index (χ0v) is 21.6. The molecule has 174 valence electrons. The third-order valence-electron chi connectivity index (χ3n) is 7.26. The van der Waals surface area contributed by atoms with E-state index in [4.69, 9.17) is 0 Å². The van der Waals surface area contributed by atoms with Gasteiger partial charge in [0.2, 0.25) is 0 Å². The Hall–Kier alpha value is -0.200. The van der Waals surface area contributed by atoms with Gasteiger partial charge >= 0.3 is 0 Å². The van der Waals surface area contributed by atoms with Crippen LogP contribution in [0.5, 0.6) is 0 Å². The first-order valence-corrected chi connectivity index (χ1v) is 11.8. The van der Waals surface area contributed by atoms with Gasteiger partial charge in [-0.05, 0) is 141 Å². The van der Waals surface area contributed by atoms with E-state index >= 15 is 0 Å². The molecule has 0 aliphatic carbocycles. The Balaban J connectivity index is 0.000000291. The summed E-state index contributed by atoms with van der Waals surface area (Å²) >= 11 is 0. The molecule has 0 N–H and O–H groups in total. The van der Waals surface area contributed by atoms with Gasteiger partial charge in [0.25, 0.3) is 0 Å². The summed E-state index contributed by atoms with van der Waals surface area (Å²) in [4.78, 5) is 12.3. The normalized spacial score (nSPS) is 27.0. The minimum absolute atomic E-state index is 0.316. The molecule has 2 rings (SSSR count). The van der Waals surface area contributed by atoms with E-state index in [2.05, 4.69) is 94.5 Å². The van der Waals surface area contributed by atoms with Crippen molar-refractivity contribution in [2.45, 2.75) is 76.9 Å². The van der Waals surface area contributed by atoms with Crippen molar-refractivity contribution in [2.75, 3.05) is 81.6 Å². The summed E-state index contributed by atoms with van der Waals surface area (Å²) < 4.78 is 0. The fourth-order valence-electron chi connectivity index (χ4n) is 4.85. The highest BCUT2D eigenvalue weighted by molar-refractivity contribution is 5.00. The van der Waals surface area contributed by atoms with E-state index in [-0.39, 0.29) is 0 Å². The molecule has 0 bridgehead atoms. The van der Waals surface area contributed by atoms with Crippen molar-refractivity contribution in [2.24, 2.45) is 0 Å². The second-order valence-corrected chi connectivity index (χ2v) is 11.2. The zero-order valence-electron chi connectivity index (χ0n) is 21.6. The zero-order chi connectivity index (χ0) is 22.2. The molecule has 2 aliphatic heterocycles. The molecule has 2 saturated heterocycles. The second-order valence-electron chi connectivity index (χ2n) is 11.2. The average Bonchev–Trinajstić information content (AvgIpc) is 2.58. The summed E-state index contributed by atoms with van der Waals surface area (Å²) in [5, 5.41) is 0. The second kappa shape index (κ2) is 12.0. The summed E-state index contributed by atoms with van der Waals surface area (Å²) in [5.41, 5.74) is 0.632. The molecule has 5 heteroatoms. The van der Waals surface area contributed by atoms with Crippen LogP contribution in [0.4, 0.5) is 0 Å². The van der Waals surface area contributed by atoms with Gasteiger partial charge in [0, 0.05) is 17.1 Å². The SMILES string of the molecule is CN(C)C1CC(C)(C)N(C)C(C)(C)C1.CN1CCCN(C)CCCN(C)CCC1. The van der Waals surface area contributed by atoms with Crippen molar-refractivity contribution in [3.8, 4) is 0 Å². The Labute approximate surface area is 183 Å². The van der Waals surface area contributed by atoms with Crippen molar-refractivity contribution in [1.82, 2.24) is 24.5 Å². The Morgan fingerprint density at radius 3 is 1.10 bits per heavy atom. The molecule has 0 amide bonds. The quantitative estimate of drug-likeness (QED) is 0.657. The van der Waals surface area contributed by atoms with E-state index in [9.17, 15) is 0 Å². The van der Waals surface area contributed by atoms with Crippen molar-refractivity contribution < 1.29 is 0 Å². The third-order valence-corrected chi connectivity index (χ3v) is 7.26. The maximum Gasteiger partial charge on any atom is 0.0170 e. The van der Waals surface area contributed by atoms with Gasteiger partial charge in [-0.3, -0.25) is 4.90 Å². The first-order valence-electron chi connectivity index (χ1n) is 11.8. The highest BCUT2D eigenvalue weighted by atomic mass is 15.3. The molecule has 0 aromatic heterocycles. The highest BCUT2D eigenvalue weighted by Gasteiger charge is 2.43. The fourth-order valence-corrected chi connectivity index (χ4v) is 4.85. The van der Waals surface area contributed by atoms with Crippen molar-refractivity contribution in [1.29, 1.82) is 0 Å². The van der Waals surface area contributed by atoms with Crippen LogP contribution in [0.15, 0.2) is 0 Å². The number of likely N-dealkylation sites (tertiary alicyclic amines) is 1. The molecule has 0 radical (unpaired) electrons. The molecule has 5 nitrogen and oxygen atoms in total. The standard InChI is InChI=1S/C12H27N3.C12H26N2/c1-13-7-4-9-14(2)11-6-12-15(3)10-5-8-13;1-11(2)8-10(13(5)6)9-12(3,4)14(11)7/h4-12H2,1-3H3;10H,8-9H2,1-7H3.